The Morgan fingerprint density at radius 1 is 1.37 bits per heavy atom. The molecule has 0 bridgehead atoms. The summed E-state index contributed by atoms with van der Waals surface area (Å²) in [5, 5.41) is 0.479. The van der Waals surface area contributed by atoms with E-state index in [1.54, 1.807) is 16.7 Å². The van der Waals surface area contributed by atoms with E-state index in [2.05, 4.69) is 15.9 Å². The molecule has 0 saturated heterocycles. The summed E-state index contributed by atoms with van der Waals surface area (Å²) in [6, 6.07) is 3.94. The van der Waals surface area contributed by atoms with Crippen LogP contribution >= 0.6 is 15.9 Å². The Bertz CT molecular complexity index is 575. The molecule has 0 aliphatic rings. The van der Waals surface area contributed by atoms with Gasteiger partial charge in [-0.1, -0.05) is 15.9 Å². The summed E-state index contributed by atoms with van der Waals surface area (Å²) in [6.07, 6.45) is -1.05. The van der Waals surface area contributed by atoms with Crippen molar-refractivity contribution in [2.75, 3.05) is 5.33 Å². The molecule has 2 nitrogen and oxygen atoms in total. The first-order chi connectivity index (χ1) is 8.74. The average Bonchev–Trinajstić information content (AvgIpc) is 2.67. The van der Waals surface area contributed by atoms with Crippen LogP contribution in [0, 0.1) is 6.92 Å². The molecule has 0 N–H and O–H groups in total. The zero-order valence-corrected chi connectivity index (χ0v) is 12.0. The number of fused-ring (bicyclic) bond motifs is 1. The highest BCUT2D eigenvalue weighted by Gasteiger charge is 2.30. The smallest absolute Gasteiger partial charge is 0.324 e. The number of ketones is 1. The van der Waals surface area contributed by atoms with Crippen LogP contribution in [-0.2, 0) is 11.0 Å². The van der Waals surface area contributed by atoms with Crippen molar-refractivity contribution < 1.29 is 18.0 Å². The third-order valence-electron chi connectivity index (χ3n) is 2.25. The fourth-order valence-electron chi connectivity index (χ4n) is 1.43. The third kappa shape index (κ3) is 4.70. The molecule has 104 valence electrons. The molecule has 0 aromatic carbocycles. The number of rotatable bonds is 1. The molecule has 0 aliphatic heterocycles. The molecule has 0 fully saturated rings. The molecular formula is C13H13BrF3NO. The largest absolute Gasteiger partial charge is 0.416 e. The molecule has 0 unspecified atom stereocenters. The summed E-state index contributed by atoms with van der Waals surface area (Å²) in [5.74, 6) is 0.171. The number of aromatic nitrogens is 1. The standard InChI is InChI=1S/C10H8F3N.C3H5BrO/c1-7-4-9-5-8(10(11,12)13)2-3-14(9)6-7;1-3(5)2-4/h2-6H,1H3;2H2,1H3. The third-order valence-corrected chi connectivity index (χ3v) is 3.04. The van der Waals surface area contributed by atoms with E-state index in [1.807, 2.05) is 6.92 Å². The Morgan fingerprint density at radius 2 is 1.95 bits per heavy atom. The first-order valence-electron chi connectivity index (χ1n) is 5.45. The summed E-state index contributed by atoms with van der Waals surface area (Å²) in [6.45, 7) is 3.38. The zero-order chi connectivity index (χ0) is 14.6. The van der Waals surface area contributed by atoms with Crippen LogP contribution in [0.15, 0.2) is 30.6 Å². The molecule has 0 radical (unpaired) electrons. The number of Topliss-reactive ketones (excluding diaryl/α,β-unsaturated/α-hetero) is 1. The van der Waals surface area contributed by atoms with Crippen molar-refractivity contribution in [1.29, 1.82) is 0 Å². The second-order valence-electron chi connectivity index (χ2n) is 4.10. The summed E-state index contributed by atoms with van der Waals surface area (Å²) < 4.78 is 38.6. The fraction of sp³-hybridized carbons (Fsp3) is 0.308. The molecular weight excluding hydrogens is 323 g/mol. The lowest BCUT2D eigenvalue weighted by atomic mass is 10.2. The van der Waals surface area contributed by atoms with E-state index >= 15 is 0 Å². The lowest BCUT2D eigenvalue weighted by Gasteiger charge is -2.06. The molecule has 0 saturated carbocycles. The van der Waals surface area contributed by atoms with Crippen molar-refractivity contribution in [3.8, 4) is 0 Å². The van der Waals surface area contributed by atoms with Crippen LogP contribution in [-0.4, -0.2) is 15.5 Å². The van der Waals surface area contributed by atoms with Crippen LogP contribution in [0.5, 0.6) is 0 Å². The normalized spacial score (nSPS) is 11.1. The minimum Gasteiger partial charge on any atom is -0.324 e. The molecule has 2 aromatic heterocycles. The quantitative estimate of drug-likeness (QED) is 0.714. The SMILES string of the molecule is CC(=O)CBr.Cc1cc2cc(C(F)(F)F)ccn2c1. The molecule has 2 heterocycles. The molecule has 19 heavy (non-hydrogen) atoms. The highest BCUT2D eigenvalue weighted by Crippen LogP contribution is 2.30. The monoisotopic (exact) mass is 335 g/mol. The zero-order valence-electron chi connectivity index (χ0n) is 10.5. The van der Waals surface area contributed by atoms with Gasteiger partial charge in [-0.05, 0) is 37.6 Å². The van der Waals surface area contributed by atoms with Crippen molar-refractivity contribution in [3.05, 3.63) is 41.7 Å². The van der Waals surface area contributed by atoms with E-state index in [0.29, 0.717) is 10.8 Å². The van der Waals surface area contributed by atoms with E-state index in [-0.39, 0.29) is 5.78 Å². The van der Waals surface area contributed by atoms with Crippen molar-refractivity contribution in [1.82, 2.24) is 4.40 Å². The molecule has 0 aliphatic carbocycles. The number of pyridine rings is 1. The summed E-state index contributed by atoms with van der Waals surface area (Å²) in [5.41, 5.74) is 0.907. The number of aryl methyl sites for hydroxylation is 1. The van der Waals surface area contributed by atoms with E-state index in [4.69, 9.17) is 0 Å². The van der Waals surface area contributed by atoms with Gasteiger partial charge in [0.1, 0.15) is 5.78 Å². The van der Waals surface area contributed by atoms with Crippen LogP contribution in [0.1, 0.15) is 18.1 Å². The topological polar surface area (TPSA) is 21.5 Å². The van der Waals surface area contributed by atoms with Crippen LogP contribution in [0.3, 0.4) is 0 Å². The molecule has 0 spiro atoms. The van der Waals surface area contributed by atoms with Gasteiger partial charge in [0.25, 0.3) is 0 Å². The van der Waals surface area contributed by atoms with Gasteiger partial charge in [-0.2, -0.15) is 13.2 Å². The predicted molar refractivity (Wildman–Crippen MR) is 71.6 cm³/mol. The molecule has 2 aromatic rings. The molecule has 0 atom stereocenters. The van der Waals surface area contributed by atoms with Gasteiger partial charge in [-0.25, -0.2) is 0 Å². The Morgan fingerprint density at radius 3 is 2.42 bits per heavy atom. The minimum atomic E-state index is -4.26. The maximum absolute atomic E-state index is 12.3. The number of carbonyl (C=O) groups is 1. The maximum Gasteiger partial charge on any atom is 0.416 e. The second kappa shape index (κ2) is 6.23. The van der Waals surface area contributed by atoms with E-state index in [9.17, 15) is 18.0 Å². The van der Waals surface area contributed by atoms with Gasteiger partial charge in [-0.15, -0.1) is 0 Å². The Labute approximate surface area is 117 Å². The Balaban J connectivity index is 0.000000312. The van der Waals surface area contributed by atoms with Gasteiger partial charge in [0.15, 0.2) is 0 Å². The van der Waals surface area contributed by atoms with Crippen LogP contribution < -0.4 is 0 Å². The number of hydrogen-bond acceptors (Lipinski definition) is 1. The van der Waals surface area contributed by atoms with Crippen molar-refractivity contribution in [2.45, 2.75) is 20.0 Å². The molecule has 6 heteroatoms. The summed E-state index contributed by atoms with van der Waals surface area (Å²) >= 11 is 2.96. The van der Waals surface area contributed by atoms with Crippen LogP contribution in [0.2, 0.25) is 0 Å². The van der Waals surface area contributed by atoms with Crippen LogP contribution in [0.25, 0.3) is 5.52 Å². The van der Waals surface area contributed by atoms with Gasteiger partial charge in [-0.3, -0.25) is 4.79 Å². The summed E-state index contributed by atoms with van der Waals surface area (Å²) in [7, 11) is 0. The van der Waals surface area contributed by atoms with E-state index in [1.165, 1.54) is 13.1 Å². The van der Waals surface area contributed by atoms with Crippen LogP contribution in [0.4, 0.5) is 13.2 Å². The number of halogens is 4. The molecule has 2 rings (SSSR count). The van der Waals surface area contributed by atoms with Crippen molar-refractivity contribution in [3.63, 3.8) is 0 Å². The Kier molecular flexibility index (Phi) is 5.17. The van der Waals surface area contributed by atoms with Crippen molar-refractivity contribution >= 4 is 27.2 Å². The highest BCUT2D eigenvalue weighted by atomic mass is 79.9. The van der Waals surface area contributed by atoms with Gasteiger partial charge >= 0.3 is 6.18 Å². The van der Waals surface area contributed by atoms with Gasteiger partial charge in [0, 0.05) is 17.9 Å². The fourth-order valence-corrected chi connectivity index (χ4v) is 1.43. The first kappa shape index (κ1) is 15.8. The Hall–Kier alpha value is -1.30. The predicted octanol–water partition coefficient (Wildman–Crippen LogP) is 4.24. The van der Waals surface area contributed by atoms with Crippen molar-refractivity contribution in [2.24, 2.45) is 0 Å². The van der Waals surface area contributed by atoms with E-state index in [0.717, 1.165) is 17.7 Å². The average molecular weight is 336 g/mol. The number of carbonyl (C=O) groups excluding carboxylic acids is 1. The lowest BCUT2D eigenvalue weighted by Crippen LogP contribution is -2.04. The minimum absolute atomic E-state index is 0.171. The maximum atomic E-state index is 12.3. The summed E-state index contributed by atoms with van der Waals surface area (Å²) in [4.78, 5) is 9.77. The van der Waals surface area contributed by atoms with Gasteiger partial charge in [0.2, 0.25) is 0 Å². The highest BCUT2D eigenvalue weighted by molar-refractivity contribution is 9.09. The second-order valence-corrected chi connectivity index (χ2v) is 4.66. The van der Waals surface area contributed by atoms with E-state index < -0.39 is 11.7 Å². The number of alkyl halides is 4. The number of nitrogens with zero attached hydrogens (tertiary/aromatic N) is 1. The number of hydrogen-bond donors (Lipinski definition) is 0. The first-order valence-corrected chi connectivity index (χ1v) is 6.57. The van der Waals surface area contributed by atoms with Gasteiger partial charge < -0.3 is 4.40 Å². The lowest BCUT2D eigenvalue weighted by molar-refractivity contribution is -0.137. The molecule has 0 amide bonds. The van der Waals surface area contributed by atoms with Gasteiger partial charge in [0.05, 0.1) is 10.9 Å².